The van der Waals surface area contributed by atoms with Crippen molar-refractivity contribution < 1.29 is 0 Å². The summed E-state index contributed by atoms with van der Waals surface area (Å²) in [6.07, 6.45) is 3.74. The van der Waals surface area contributed by atoms with E-state index in [-0.39, 0.29) is 0 Å². The molecule has 1 aliphatic rings. The van der Waals surface area contributed by atoms with Gasteiger partial charge in [-0.15, -0.1) is 0 Å². The molecule has 2 heteroatoms. The minimum Gasteiger partial charge on any atom is -0.0843 e. The summed E-state index contributed by atoms with van der Waals surface area (Å²) < 4.78 is 0. The average molecular weight is 336 g/mol. The topological polar surface area (TPSA) is 0 Å². The SMILES string of the molecule is Clc1ccc(C(Br)C2CCCc3ccccc32)cc1. The van der Waals surface area contributed by atoms with E-state index in [2.05, 4.69) is 52.3 Å². The summed E-state index contributed by atoms with van der Waals surface area (Å²) in [5.74, 6) is 0.561. The fraction of sp³-hybridized carbons (Fsp3) is 0.294. The lowest BCUT2D eigenvalue weighted by molar-refractivity contribution is 0.547. The summed E-state index contributed by atoms with van der Waals surface area (Å²) in [6, 6.07) is 17.0. The first-order valence-corrected chi connectivity index (χ1v) is 8.02. The molecule has 0 amide bonds. The number of hydrogen-bond donors (Lipinski definition) is 0. The summed E-state index contributed by atoms with van der Waals surface area (Å²) in [6.45, 7) is 0. The lowest BCUT2D eigenvalue weighted by atomic mass is 9.79. The van der Waals surface area contributed by atoms with E-state index < -0.39 is 0 Å². The van der Waals surface area contributed by atoms with E-state index in [1.807, 2.05) is 12.1 Å². The van der Waals surface area contributed by atoms with Crippen LogP contribution < -0.4 is 0 Å². The lowest BCUT2D eigenvalue weighted by Crippen LogP contribution is -2.13. The quantitative estimate of drug-likeness (QED) is 0.600. The molecular weight excluding hydrogens is 320 g/mol. The van der Waals surface area contributed by atoms with Crippen molar-refractivity contribution in [1.29, 1.82) is 0 Å². The Kier molecular flexibility index (Phi) is 3.95. The van der Waals surface area contributed by atoms with Gasteiger partial charge in [-0.25, -0.2) is 0 Å². The van der Waals surface area contributed by atoms with Crippen molar-refractivity contribution in [3.63, 3.8) is 0 Å². The third kappa shape index (κ3) is 2.73. The summed E-state index contributed by atoms with van der Waals surface area (Å²) in [5.41, 5.74) is 4.33. The van der Waals surface area contributed by atoms with E-state index in [1.165, 1.54) is 36.0 Å². The van der Waals surface area contributed by atoms with Gasteiger partial charge in [0.1, 0.15) is 0 Å². The zero-order valence-corrected chi connectivity index (χ0v) is 13.0. The minimum atomic E-state index is 0.367. The van der Waals surface area contributed by atoms with Crippen LogP contribution in [0.4, 0.5) is 0 Å². The molecule has 0 saturated carbocycles. The summed E-state index contributed by atoms with van der Waals surface area (Å²) >= 11 is 9.87. The summed E-state index contributed by atoms with van der Waals surface area (Å²) in [5, 5.41) is 0.799. The maximum absolute atomic E-state index is 5.97. The van der Waals surface area contributed by atoms with Crippen LogP contribution in [-0.2, 0) is 6.42 Å². The van der Waals surface area contributed by atoms with Gasteiger partial charge in [0.2, 0.25) is 0 Å². The van der Waals surface area contributed by atoms with E-state index >= 15 is 0 Å². The van der Waals surface area contributed by atoms with Crippen LogP contribution in [0.2, 0.25) is 5.02 Å². The van der Waals surface area contributed by atoms with E-state index in [1.54, 1.807) is 0 Å². The predicted molar refractivity (Wildman–Crippen MR) is 85.2 cm³/mol. The predicted octanol–water partition coefficient (Wildman–Crippen LogP) is 5.90. The highest BCUT2D eigenvalue weighted by atomic mass is 79.9. The Hall–Kier alpha value is -0.790. The Morgan fingerprint density at radius 2 is 1.79 bits per heavy atom. The number of hydrogen-bond acceptors (Lipinski definition) is 0. The highest BCUT2D eigenvalue weighted by molar-refractivity contribution is 9.09. The molecule has 2 atom stereocenters. The van der Waals surface area contributed by atoms with Gasteiger partial charge in [-0.1, -0.05) is 63.9 Å². The van der Waals surface area contributed by atoms with Gasteiger partial charge < -0.3 is 0 Å². The third-order valence-electron chi connectivity index (χ3n) is 3.96. The van der Waals surface area contributed by atoms with E-state index in [4.69, 9.17) is 11.6 Å². The molecule has 0 N–H and O–H groups in total. The third-order valence-corrected chi connectivity index (χ3v) is 5.38. The Bertz CT molecular complexity index is 562. The van der Waals surface area contributed by atoms with Crippen LogP contribution in [0.5, 0.6) is 0 Å². The molecule has 1 aliphatic carbocycles. The average Bonchev–Trinajstić information content (AvgIpc) is 2.47. The molecule has 19 heavy (non-hydrogen) atoms. The van der Waals surface area contributed by atoms with Crippen molar-refractivity contribution in [3.05, 3.63) is 70.2 Å². The molecule has 2 aromatic rings. The van der Waals surface area contributed by atoms with E-state index in [0.29, 0.717) is 10.7 Å². The van der Waals surface area contributed by atoms with Gasteiger partial charge in [0.15, 0.2) is 0 Å². The van der Waals surface area contributed by atoms with Crippen molar-refractivity contribution in [1.82, 2.24) is 0 Å². The maximum atomic E-state index is 5.97. The number of alkyl halides is 1. The van der Waals surface area contributed by atoms with Gasteiger partial charge in [-0.05, 0) is 48.1 Å². The minimum absolute atomic E-state index is 0.367. The molecule has 3 rings (SSSR count). The zero-order valence-electron chi connectivity index (χ0n) is 10.7. The number of aryl methyl sites for hydroxylation is 1. The summed E-state index contributed by atoms with van der Waals surface area (Å²) in [7, 11) is 0. The van der Waals surface area contributed by atoms with Gasteiger partial charge in [0.05, 0.1) is 0 Å². The van der Waals surface area contributed by atoms with Crippen LogP contribution in [0.1, 0.15) is 40.3 Å². The zero-order chi connectivity index (χ0) is 13.2. The van der Waals surface area contributed by atoms with Gasteiger partial charge >= 0.3 is 0 Å². The molecule has 0 heterocycles. The molecule has 0 aliphatic heterocycles. The Balaban J connectivity index is 1.92. The van der Waals surface area contributed by atoms with Crippen molar-refractivity contribution in [2.75, 3.05) is 0 Å². The maximum Gasteiger partial charge on any atom is 0.0463 e. The molecular formula is C17H16BrCl. The van der Waals surface area contributed by atoms with Crippen molar-refractivity contribution in [2.45, 2.75) is 30.0 Å². The highest BCUT2D eigenvalue weighted by Crippen LogP contribution is 2.44. The van der Waals surface area contributed by atoms with Crippen LogP contribution in [0.15, 0.2) is 48.5 Å². The molecule has 2 unspecified atom stereocenters. The summed E-state index contributed by atoms with van der Waals surface area (Å²) in [4.78, 5) is 0.367. The number of rotatable bonds is 2. The van der Waals surface area contributed by atoms with Crippen molar-refractivity contribution >= 4 is 27.5 Å². The molecule has 0 spiro atoms. The second kappa shape index (κ2) is 5.68. The van der Waals surface area contributed by atoms with Gasteiger partial charge in [-0.3, -0.25) is 0 Å². The Morgan fingerprint density at radius 1 is 1.05 bits per heavy atom. The normalized spacial score (nSPS) is 19.8. The van der Waals surface area contributed by atoms with Crippen molar-refractivity contribution in [3.8, 4) is 0 Å². The monoisotopic (exact) mass is 334 g/mol. The van der Waals surface area contributed by atoms with Gasteiger partial charge in [0, 0.05) is 15.8 Å². The second-order valence-corrected chi connectivity index (χ2v) is 6.57. The number of benzene rings is 2. The Labute approximate surface area is 127 Å². The van der Waals surface area contributed by atoms with E-state index in [0.717, 1.165) is 5.02 Å². The molecule has 2 aromatic carbocycles. The highest BCUT2D eigenvalue weighted by Gasteiger charge is 2.26. The first-order chi connectivity index (χ1) is 9.25. The van der Waals surface area contributed by atoms with Crippen LogP contribution >= 0.6 is 27.5 Å². The van der Waals surface area contributed by atoms with Crippen LogP contribution in [0.25, 0.3) is 0 Å². The largest absolute Gasteiger partial charge is 0.0843 e. The molecule has 0 nitrogen and oxygen atoms in total. The van der Waals surface area contributed by atoms with Gasteiger partial charge in [0.25, 0.3) is 0 Å². The van der Waals surface area contributed by atoms with Crippen LogP contribution in [0.3, 0.4) is 0 Å². The molecule has 0 fully saturated rings. The Morgan fingerprint density at radius 3 is 2.58 bits per heavy atom. The fourth-order valence-electron chi connectivity index (χ4n) is 2.97. The first-order valence-electron chi connectivity index (χ1n) is 6.73. The lowest BCUT2D eigenvalue weighted by Gasteiger charge is -2.29. The van der Waals surface area contributed by atoms with Crippen molar-refractivity contribution in [2.24, 2.45) is 0 Å². The number of halogens is 2. The molecule has 0 saturated heterocycles. The molecule has 0 radical (unpaired) electrons. The molecule has 0 aromatic heterocycles. The number of fused-ring (bicyclic) bond motifs is 1. The first kappa shape index (κ1) is 13.2. The second-order valence-electron chi connectivity index (χ2n) is 5.15. The molecule has 98 valence electrons. The molecule has 0 bridgehead atoms. The fourth-order valence-corrected chi connectivity index (χ4v) is 3.95. The van der Waals surface area contributed by atoms with Gasteiger partial charge in [-0.2, -0.15) is 0 Å². The van der Waals surface area contributed by atoms with Crippen LogP contribution in [0, 0.1) is 0 Å². The van der Waals surface area contributed by atoms with E-state index in [9.17, 15) is 0 Å². The smallest absolute Gasteiger partial charge is 0.0463 e. The standard InChI is InChI=1S/C17H16BrCl/c18-17(13-8-10-14(19)11-9-13)16-7-3-5-12-4-1-2-6-15(12)16/h1-2,4,6,8-11,16-17H,3,5,7H2. The van der Waals surface area contributed by atoms with Crippen LogP contribution in [-0.4, -0.2) is 0 Å².